The zero-order valence-electron chi connectivity index (χ0n) is 16.9. The Balaban J connectivity index is 1.87. The van der Waals surface area contributed by atoms with Crippen LogP contribution in [0.5, 0.6) is 11.5 Å². The van der Waals surface area contributed by atoms with Gasteiger partial charge in [-0.3, -0.25) is 4.68 Å². The number of nitrogen functional groups attached to an aromatic ring is 1. The first-order chi connectivity index (χ1) is 13.5. The van der Waals surface area contributed by atoms with Gasteiger partial charge in [-0.05, 0) is 30.9 Å². The van der Waals surface area contributed by atoms with Crippen molar-refractivity contribution >= 4 is 22.8 Å². The van der Waals surface area contributed by atoms with Gasteiger partial charge in [0.25, 0.3) is 0 Å². The maximum atomic E-state index is 5.89. The largest absolute Gasteiger partial charge is 0.496 e. The summed E-state index contributed by atoms with van der Waals surface area (Å²) >= 11 is 0. The van der Waals surface area contributed by atoms with Crippen molar-refractivity contribution in [1.29, 1.82) is 0 Å². The Labute approximate surface area is 165 Å². The number of benzene rings is 1. The molecule has 3 N–H and O–H groups in total. The minimum absolute atomic E-state index is 0.230. The molecule has 0 fully saturated rings. The van der Waals surface area contributed by atoms with E-state index >= 15 is 0 Å². The van der Waals surface area contributed by atoms with E-state index in [1.165, 1.54) is 0 Å². The molecule has 0 radical (unpaired) electrons. The first kappa shape index (κ1) is 19.7. The van der Waals surface area contributed by atoms with E-state index in [1.54, 1.807) is 18.9 Å². The molecule has 28 heavy (non-hydrogen) atoms. The molecule has 0 aliphatic carbocycles. The van der Waals surface area contributed by atoms with Gasteiger partial charge in [0.2, 0.25) is 5.95 Å². The molecule has 0 spiro atoms. The van der Waals surface area contributed by atoms with Gasteiger partial charge in [0.05, 0.1) is 32.5 Å². The lowest BCUT2D eigenvalue weighted by molar-refractivity contribution is 0.382. The highest BCUT2D eigenvalue weighted by Crippen LogP contribution is 2.29. The van der Waals surface area contributed by atoms with E-state index in [4.69, 9.17) is 15.2 Å². The predicted molar refractivity (Wildman–Crippen MR) is 111 cm³/mol. The van der Waals surface area contributed by atoms with Crippen LogP contribution in [-0.4, -0.2) is 40.5 Å². The predicted octanol–water partition coefficient (Wildman–Crippen LogP) is 3.32. The summed E-state index contributed by atoms with van der Waals surface area (Å²) in [6.45, 7) is 5.73. The summed E-state index contributed by atoms with van der Waals surface area (Å²) in [6, 6.07) is 5.70. The molecule has 8 heteroatoms. The third-order valence-electron chi connectivity index (χ3n) is 4.53. The van der Waals surface area contributed by atoms with Crippen LogP contribution >= 0.6 is 0 Å². The van der Waals surface area contributed by atoms with Crippen molar-refractivity contribution in [2.45, 2.75) is 33.2 Å². The minimum atomic E-state index is 0.230. The van der Waals surface area contributed by atoms with Crippen molar-refractivity contribution in [3.05, 3.63) is 30.0 Å². The Morgan fingerprint density at radius 2 is 1.86 bits per heavy atom. The van der Waals surface area contributed by atoms with Crippen molar-refractivity contribution in [2.75, 3.05) is 31.8 Å². The van der Waals surface area contributed by atoms with Crippen LogP contribution in [0.1, 0.15) is 32.3 Å². The molecule has 0 unspecified atom stereocenters. The molecule has 0 aliphatic rings. The summed E-state index contributed by atoms with van der Waals surface area (Å²) in [5.41, 5.74) is 8.20. The summed E-state index contributed by atoms with van der Waals surface area (Å²) in [5, 5.41) is 8.03. The van der Waals surface area contributed by atoms with Gasteiger partial charge < -0.3 is 20.5 Å². The molecule has 2 heterocycles. The Morgan fingerprint density at radius 3 is 2.50 bits per heavy atom. The molecular weight excluding hydrogens is 356 g/mol. The van der Waals surface area contributed by atoms with Gasteiger partial charge in [-0.1, -0.05) is 19.9 Å². The number of fused-ring (bicyclic) bond motifs is 1. The summed E-state index contributed by atoms with van der Waals surface area (Å²) in [7, 11) is 3.28. The van der Waals surface area contributed by atoms with E-state index in [9.17, 15) is 0 Å². The topological polar surface area (TPSA) is 100 Å². The molecule has 0 aliphatic heterocycles. The Kier molecular flexibility index (Phi) is 6.18. The lowest BCUT2D eigenvalue weighted by Crippen LogP contribution is -2.08. The molecule has 0 bridgehead atoms. The zero-order chi connectivity index (χ0) is 20.1. The SMILES string of the molecule is COc1cccc(OC)c1Cn1cc2nc(N)nc(NCCCC(C)C)c2n1. The summed E-state index contributed by atoms with van der Waals surface area (Å²) in [5.74, 6) is 3.06. The second kappa shape index (κ2) is 8.77. The maximum Gasteiger partial charge on any atom is 0.222 e. The number of hydrogen-bond donors (Lipinski definition) is 2. The number of methoxy groups -OCH3 is 2. The molecular formula is C20H28N6O2. The van der Waals surface area contributed by atoms with Gasteiger partial charge in [-0.2, -0.15) is 10.1 Å². The van der Waals surface area contributed by atoms with Crippen LogP contribution in [0.2, 0.25) is 0 Å². The summed E-state index contributed by atoms with van der Waals surface area (Å²) in [4.78, 5) is 8.66. The van der Waals surface area contributed by atoms with E-state index < -0.39 is 0 Å². The number of nitrogens with one attached hydrogen (secondary N) is 1. The van der Waals surface area contributed by atoms with Gasteiger partial charge in [0.15, 0.2) is 11.3 Å². The number of hydrogen-bond acceptors (Lipinski definition) is 7. The molecule has 2 aromatic heterocycles. The quantitative estimate of drug-likeness (QED) is 0.546. The third kappa shape index (κ3) is 4.44. The fourth-order valence-corrected chi connectivity index (χ4v) is 3.14. The highest BCUT2D eigenvalue weighted by atomic mass is 16.5. The molecule has 150 valence electrons. The second-order valence-electron chi connectivity index (χ2n) is 7.09. The first-order valence-corrected chi connectivity index (χ1v) is 9.46. The van der Waals surface area contributed by atoms with Crippen LogP contribution in [0.15, 0.2) is 24.4 Å². The van der Waals surface area contributed by atoms with Crippen molar-refractivity contribution in [2.24, 2.45) is 5.92 Å². The minimum Gasteiger partial charge on any atom is -0.496 e. The summed E-state index contributed by atoms with van der Waals surface area (Å²) < 4.78 is 12.8. The Hall–Kier alpha value is -3.03. The lowest BCUT2D eigenvalue weighted by atomic mass is 10.1. The van der Waals surface area contributed by atoms with Crippen molar-refractivity contribution in [3.8, 4) is 11.5 Å². The standard InChI is InChI=1S/C20H28N6O2/c1-13(2)7-6-10-22-19-18-15(23-20(21)24-19)12-26(25-18)11-14-16(27-3)8-5-9-17(14)28-4/h5,8-9,12-13H,6-7,10-11H2,1-4H3,(H3,21,22,23,24). The maximum absolute atomic E-state index is 5.89. The van der Waals surface area contributed by atoms with Crippen LogP contribution in [-0.2, 0) is 6.54 Å². The fraction of sp³-hybridized carbons (Fsp3) is 0.450. The van der Waals surface area contributed by atoms with Gasteiger partial charge in [-0.15, -0.1) is 0 Å². The Bertz CT molecular complexity index is 916. The van der Waals surface area contributed by atoms with E-state index in [-0.39, 0.29) is 5.95 Å². The van der Waals surface area contributed by atoms with Crippen molar-refractivity contribution in [3.63, 3.8) is 0 Å². The molecule has 0 amide bonds. The van der Waals surface area contributed by atoms with Gasteiger partial charge in [-0.25, -0.2) is 4.98 Å². The average molecular weight is 384 g/mol. The third-order valence-corrected chi connectivity index (χ3v) is 4.53. The van der Waals surface area contributed by atoms with Gasteiger partial charge >= 0.3 is 0 Å². The number of anilines is 2. The fourth-order valence-electron chi connectivity index (χ4n) is 3.14. The van der Waals surface area contributed by atoms with Gasteiger partial charge in [0.1, 0.15) is 17.0 Å². The highest BCUT2D eigenvalue weighted by Gasteiger charge is 2.15. The highest BCUT2D eigenvalue weighted by molar-refractivity contribution is 5.85. The molecule has 8 nitrogen and oxygen atoms in total. The van der Waals surface area contributed by atoms with Crippen LogP contribution in [0.4, 0.5) is 11.8 Å². The molecule has 1 aromatic carbocycles. The summed E-state index contributed by atoms with van der Waals surface area (Å²) in [6.07, 6.45) is 4.07. The number of aromatic nitrogens is 4. The lowest BCUT2D eigenvalue weighted by Gasteiger charge is -2.12. The average Bonchev–Trinajstić information content (AvgIpc) is 3.07. The van der Waals surface area contributed by atoms with Crippen LogP contribution in [0, 0.1) is 5.92 Å². The first-order valence-electron chi connectivity index (χ1n) is 9.46. The number of ether oxygens (including phenoxy) is 2. The number of nitrogens with two attached hydrogens (primary N) is 1. The zero-order valence-corrected chi connectivity index (χ0v) is 16.9. The monoisotopic (exact) mass is 384 g/mol. The van der Waals surface area contributed by atoms with E-state index in [2.05, 4.69) is 34.2 Å². The molecule has 3 aromatic rings. The molecule has 3 rings (SSSR count). The van der Waals surface area contributed by atoms with Gasteiger partial charge in [0, 0.05) is 6.54 Å². The van der Waals surface area contributed by atoms with Crippen LogP contribution in [0.3, 0.4) is 0 Å². The number of nitrogens with zero attached hydrogens (tertiary/aromatic N) is 4. The van der Waals surface area contributed by atoms with Crippen LogP contribution < -0.4 is 20.5 Å². The normalized spacial score (nSPS) is 11.2. The Morgan fingerprint density at radius 1 is 1.14 bits per heavy atom. The van der Waals surface area contributed by atoms with Crippen molar-refractivity contribution < 1.29 is 9.47 Å². The molecule has 0 atom stereocenters. The van der Waals surface area contributed by atoms with E-state index in [0.29, 0.717) is 29.3 Å². The second-order valence-corrected chi connectivity index (χ2v) is 7.09. The van der Waals surface area contributed by atoms with Crippen molar-refractivity contribution in [1.82, 2.24) is 19.7 Å². The molecule has 0 saturated heterocycles. The number of rotatable bonds is 9. The van der Waals surface area contributed by atoms with E-state index in [0.717, 1.165) is 36.4 Å². The molecule has 0 saturated carbocycles. The smallest absolute Gasteiger partial charge is 0.222 e. The van der Waals surface area contributed by atoms with Crippen LogP contribution in [0.25, 0.3) is 11.0 Å². The van der Waals surface area contributed by atoms with E-state index in [1.807, 2.05) is 24.4 Å².